The molecule has 19 heavy (non-hydrogen) atoms. The first-order valence-electron chi connectivity index (χ1n) is 6.55. The van der Waals surface area contributed by atoms with Gasteiger partial charge in [-0.1, -0.05) is 0 Å². The smallest absolute Gasteiger partial charge is 0.227 e. The van der Waals surface area contributed by atoms with E-state index in [1.165, 1.54) is 4.88 Å². The molecule has 106 valence electrons. The van der Waals surface area contributed by atoms with Crippen molar-refractivity contribution < 1.29 is 4.79 Å². The van der Waals surface area contributed by atoms with Gasteiger partial charge in [0.05, 0.1) is 11.4 Å². The van der Waals surface area contributed by atoms with Gasteiger partial charge in [-0.05, 0) is 7.05 Å². The minimum atomic E-state index is 0.0652. The molecule has 0 aliphatic carbocycles. The maximum atomic E-state index is 12.2. The van der Waals surface area contributed by atoms with E-state index in [1.807, 2.05) is 25.8 Å². The van der Waals surface area contributed by atoms with Gasteiger partial charge in [0.1, 0.15) is 0 Å². The van der Waals surface area contributed by atoms with E-state index in [4.69, 9.17) is 0 Å². The number of nitrogens with zero attached hydrogens (tertiary/aromatic N) is 4. The van der Waals surface area contributed by atoms with E-state index in [2.05, 4.69) is 21.8 Å². The monoisotopic (exact) mass is 282 g/mol. The summed E-state index contributed by atoms with van der Waals surface area (Å²) in [5.41, 5.74) is 1.86. The molecule has 1 fully saturated rings. The van der Waals surface area contributed by atoms with Crippen LogP contribution in [0.25, 0.3) is 0 Å². The lowest BCUT2D eigenvalue weighted by Gasteiger charge is -2.25. The zero-order chi connectivity index (χ0) is 13.8. The van der Waals surface area contributed by atoms with Gasteiger partial charge in [0.25, 0.3) is 0 Å². The molecule has 1 aliphatic heterocycles. The van der Waals surface area contributed by atoms with E-state index in [-0.39, 0.29) is 11.8 Å². The van der Waals surface area contributed by atoms with Crippen molar-refractivity contribution in [3.63, 3.8) is 0 Å². The summed E-state index contributed by atoms with van der Waals surface area (Å²) in [5, 5.41) is 0. The summed E-state index contributed by atoms with van der Waals surface area (Å²) >= 11 is 1.68. The molecule has 1 aliphatic rings. The molecular formula is C13H22N4OS. The van der Waals surface area contributed by atoms with Gasteiger partial charge in [0.2, 0.25) is 5.91 Å². The van der Waals surface area contributed by atoms with Crippen LogP contribution in [-0.2, 0) is 11.3 Å². The van der Waals surface area contributed by atoms with E-state index >= 15 is 0 Å². The molecule has 0 bridgehead atoms. The molecule has 0 spiro atoms. The average Bonchev–Trinajstić information content (AvgIpc) is 2.79. The third kappa shape index (κ3) is 3.99. The van der Waals surface area contributed by atoms with Crippen molar-refractivity contribution in [3.05, 3.63) is 16.6 Å². The Labute approximate surface area is 118 Å². The summed E-state index contributed by atoms with van der Waals surface area (Å²) in [4.78, 5) is 23.9. The molecule has 1 saturated heterocycles. The quantitative estimate of drug-likeness (QED) is 0.814. The zero-order valence-electron chi connectivity index (χ0n) is 11.9. The van der Waals surface area contributed by atoms with Crippen LogP contribution in [0.2, 0.25) is 0 Å². The second kappa shape index (κ2) is 6.45. The maximum Gasteiger partial charge on any atom is 0.227 e. The van der Waals surface area contributed by atoms with Crippen molar-refractivity contribution in [2.24, 2.45) is 5.92 Å². The zero-order valence-corrected chi connectivity index (χ0v) is 12.7. The van der Waals surface area contributed by atoms with Crippen LogP contribution < -0.4 is 0 Å². The summed E-state index contributed by atoms with van der Waals surface area (Å²) in [6.45, 7) is 4.59. The molecule has 2 heterocycles. The molecule has 1 aromatic heterocycles. The molecule has 6 heteroatoms. The molecular weight excluding hydrogens is 260 g/mol. The normalized spacial score (nSPS) is 22.2. The van der Waals surface area contributed by atoms with Crippen LogP contribution in [0, 0.1) is 5.92 Å². The Morgan fingerprint density at radius 2 is 2.26 bits per heavy atom. The second-order valence-corrected chi connectivity index (χ2v) is 6.37. The topological polar surface area (TPSA) is 39.7 Å². The minimum Gasteiger partial charge on any atom is -0.348 e. The first kappa shape index (κ1) is 14.4. The number of carbonyl (C=O) groups excluding carboxylic acids is 1. The summed E-state index contributed by atoms with van der Waals surface area (Å²) in [7, 11) is 5.76. The van der Waals surface area contributed by atoms with Crippen LogP contribution in [0.5, 0.6) is 0 Å². The predicted octanol–water partition coefficient (Wildman–Crippen LogP) is 0.595. The van der Waals surface area contributed by atoms with Crippen LogP contribution in [0.15, 0.2) is 11.7 Å². The minimum absolute atomic E-state index is 0.0652. The summed E-state index contributed by atoms with van der Waals surface area (Å²) in [6.07, 6.45) is 1.92. The lowest BCUT2D eigenvalue weighted by molar-refractivity contribution is -0.133. The average molecular weight is 282 g/mol. The Bertz CT molecular complexity index is 407. The molecule has 2 rings (SSSR count). The highest BCUT2D eigenvalue weighted by Crippen LogP contribution is 2.15. The number of hydrogen-bond donors (Lipinski definition) is 0. The fourth-order valence-corrected chi connectivity index (χ4v) is 3.08. The molecule has 0 N–H and O–H groups in total. The van der Waals surface area contributed by atoms with E-state index in [0.717, 1.165) is 32.7 Å². The lowest BCUT2D eigenvalue weighted by Crippen LogP contribution is -2.39. The number of thiazole rings is 1. The number of rotatable bonds is 3. The van der Waals surface area contributed by atoms with E-state index in [1.54, 1.807) is 16.2 Å². The fourth-order valence-electron chi connectivity index (χ4n) is 2.45. The Morgan fingerprint density at radius 1 is 1.47 bits per heavy atom. The predicted molar refractivity (Wildman–Crippen MR) is 77.1 cm³/mol. The van der Waals surface area contributed by atoms with Crippen LogP contribution in [0.3, 0.4) is 0 Å². The molecule has 0 aromatic carbocycles. The number of carbonyl (C=O) groups is 1. The molecule has 1 atom stereocenters. The molecule has 5 nitrogen and oxygen atoms in total. The maximum absolute atomic E-state index is 12.2. The number of amides is 1. The van der Waals surface area contributed by atoms with Gasteiger partial charge < -0.3 is 9.80 Å². The highest BCUT2D eigenvalue weighted by atomic mass is 32.1. The third-order valence-corrected chi connectivity index (χ3v) is 4.23. The third-order valence-electron chi connectivity index (χ3n) is 3.46. The highest BCUT2D eigenvalue weighted by molar-refractivity contribution is 7.09. The number of likely N-dealkylation sites (N-methyl/N-ethyl adjacent to an activating group) is 1. The summed E-state index contributed by atoms with van der Waals surface area (Å²) in [6, 6.07) is 0. The standard InChI is InChI=1S/C13H22N4OS/c1-15(2)13(18)11-7-16(3)4-5-17(8-11)9-12-6-14-10-19-12/h6,10-11H,4-5,7-9H2,1-3H3/t11-/m1/s1. The second-order valence-electron chi connectivity index (χ2n) is 5.39. The number of aromatic nitrogens is 1. The fraction of sp³-hybridized carbons (Fsp3) is 0.692. The first-order chi connectivity index (χ1) is 9.06. The Hall–Kier alpha value is -0.980. The Kier molecular flexibility index (Phi) is 4.90. The van der Waals surface area contributed by atoms with Gasteiger partial charge in [-0.15, -0.1) is 11.3 Å². The number of hydrogen-bond acceptors (Lipinski definition) is 5. The van der Waals surface area contributed by atoms with Crippen molar-refractivity contribution in [1.82, 2.24) is 19.7 Å². The van der Waals surface area contributed by atoms with Gasteiger partial charge in [0, 0.05) is 57.9 Å². The van der Waals surface area contributed by atoms with E-state index in [9.17, 15) is 4.79 Å². The van der Waals surface area contributed by atoms with Crippen molar-refractivity contribution in [3.8, 4) is 0 Å². The van der Waals surface area contributed by atoms with Crippen molar-refractivity contribution in [2.75, 3.05) is 47.3 Å². The molecule has 0 radical (unpaired) electrons. The molecule has 0 unspecified atom stereocenters. The summed E-state index contributed by atoms with van der Waals surface area (Å²) in [5.74, 6) is 0.290. The van der Waals surface area contributed by atoms with Gasteiger partial charge in [-0.2, -0.15) is 0 Å². The van der Waals surface area contributed by atoms with Gasteiger partial charge >= 0.3 is 0 Å². The van der Waals surface area contributed by atoms with Gasteiger partial charge in [-0.25, -0.2) is 0 Å². The van der Waals surface area contributed by atoms with E-state index in [0.29, 0.717) is 0 Å². The molecule has 1 aromatic rings. The Balaban J connectivity index is 2.02. The van der Waals surface area contributed by atoms with E-state index < -0.39 is 0 Å². The van der Waals surface area contributed by atoms with Crippen LogP contribution in [0.4, 0.5) is 0 Å². The Morgan fingerprint density at radius 3 is 2.89 bits per heavy atom. The molecule has 0 saturated carbocycles. The first-order valence-corrected chi connectivity index (χ1v) is 7.43. The largest absolute Gasteiger partial charge is 0.348 e. The van der Waals surface area contributed by atoms with Gasteiger partial charge in [0.15, 0.2) is 0 Å². The van der Waals surface area contributed by atoms with Crippen LogP contribution >= 0.6 is 11.3 Å². The molecule has 1 amide bonds. The lowest BCUT2D eigenvalue weighted by atomic mass is 10.1. The summed E-state index contributed by atoms with van der Waals surface area (Å²) < 4.78 is 0. The van der Waals surface area contributed by atoms with Crippen LogP contribution in [0.1, 0.15) is 4.88 Å². The highest BCUT2D eigenvalue weighted by Gasteiger charge is 2.27. The van der Waals surface area contributed by atoms with Crippen molar-refractivity contribution >= 4 is 17.2 Å². The van der Waals surface area contributed by atoms with Gasteiger partial charge in [-0.3, -0.25) is 14.7 Å². The SMILES string of the molecule is CN1CCN(Cc2cncs2)C[C@H](C(=O)N(C)C)C1. The van der Waals surface area contributed by atoms with Crippen molar-refractivity contribution in [2.45, 2.75) is 6.54 Å². The van der Waals surface area contributed by atoms with Crippen LogP contribution in [-0.4, -0.2) is 72.9 Å². The van der Waals surface area contributed by atoms with Crippen molar-refractivity contribution in [1.29, 1.82) is 0 Å².